The van der Waals surface area contributed by atoms with E-state index in [0.29, 0.717) is 25.7 Å². The Balaban J connectivity index is 2.58. The molecule has 0 aromatic carbocycles. The zero-order valence-corrected chi connectivity index (χ0v) is 21.3. The summed E-state index contributed by atoms with van der Waals surface area (Å²) in [4.78, 5) is 70.7. The first-order valence-corrected chi connectivity index (χ1v) is 12.5. The Bertz CT molecular complexity index is 712. The van der Waals surface area contributed by atoms with E-state index in [4.69, 9.17) is 24.1 Å². The van der Waals surface area contributed by atoms with E-state index in [0.717, 1.165) is 12.8 Å². The normalized spacial score (nSPS) is 18.9. The number of hydrogen-bond acceptors (Lipinski definition) is 10. The number of esters is 4. The van der Waals surface area contributed by atoms with Gasteiger partial charge in [0.1, 0.15) is 31.2 Å². The summed E-state index contributed by atoms with van der Waals surface area (Å²) >= 11 is 0. The fraction of sp³-hybridized carbons (Fsp3) is 0.760. The van der Waals surface area contributed by atoms with Gasteiger partial charge in [-0.2, -0.15) is 0 Å². The van der Waals surface area contributed by atoms with Gasteiger partial charge in [-0.15, -0.1) is 0 Å². The molecule has 0 radical (unpaired) electrons. The number of hydrogen-bond donors (Lipinski definition) is 1. The van der Waals surface area contributed by atoms with Gasteiger partial charge in [0.05, 0.1) is 31.1 Å². The molecular weight excluding hydrogens is 476 g/mol. The molecule has 0 heterocycles. The van der Waals surface area contributed by atoms with E-state index < -0.39 is 53.9 Å². The fourth-order valence-electron chi connectivity index (χ4n) is 3.71. The SMILES string of the molecule is CCC(COC(=O)C1CCCCC1C(=O)OCC(CC)OC(=O)CCC(=O)O)OC(=O)CCC(C)=O. The topological polar surface area (TPSA) is 160 Å². The van der Waals surface area contributed by atoms with Crippen LogP contribution in [0.25, 0.3) is 0 Å². The lowest BCUT2D eigenvalue weighted by molar-refractivity contribution is -0.170. The minimum atomic E-state index is -1.11. The summed E-state index contributed by atoms with van der Waals surface area (Å²) < 4.78 is 21.2. The standard InChI is InChI=1S/C25H38O11/c1-4-17(35-22(29)12-10-16(3)26)14-33-24(31)19-8-6-7-9-20(19)25(32)34-15-18(5-2)36-23(30)13-11-21(27)28/h17-20H,4-15H2,1-3H3,(H,27,28). The lowest BCUT2D eigenvalue weighted by Gasteiger charge is -2.29. The second-order valence-corrected chi connectivity index (χ2v) is 8.89. The van der Waals surface area contributed by atoms with Crippen molar-refractivity contribution in [3.8, 4) is 0 Å². The molecule has 0 aliphatic heterocycles. The molecule has 1 fully saturated rings. The fourth-order valence-corrected chi connectivity index (χ4v) is 3.71. The Hall–Kier alpha value is -2.98. The summed E-state index contributed by atoms with van der Waals surface area (Å²) in [6.07, 6.45) is 1.24. The van der Waals surface area contributed by atoms with Crippen LogP contribution in [0.5, 0.6) is 0 Å². The lowest BCUT2D eigenvalue weighted by atomic mass is 9.79. The van der Waals surface area contributed by atoms with Crippen LogP contribution in [-0.4, -0.2) is 66.2 Å². The summed E-state index contributed by atoms with van der Waals surface area (Å²) in [5, 5.41) is 8.66. The molecule has 1 saturated carbocycles. The Morgan fingerprint density at radius 2 is 1.14 bits per heavy atom. The summed E-state index contributed by atoms with van der Waals surface area (Å²) in [7, 11) is 0. The smallest absolute Gasteiger partial charge is 0.309 e. The van der Waals surface area contributed by atoms with Crippen LogP contribution in [0, 0.1) is 11.8 Å². The van der Waals surface area contributed by atoms with Gasteiger partial charge in [0.25, 0.3) is 0 Å². The van der Waals surface area contributed by atoms with E-state index in [1.807, 2.05) is 0 Å². The number of ether oxygens (including phenoxy) is 4. The second-order valence-electron chi connectivity index (χ2n) is 8.89. The minimum Gasteiger partial charge on any atom is -0.481 e. The van der Waals surface area contributed by atoms with Gasteiger partial charge in [-0.3, -0.25) is 24.0 Å². The Morgan fingerprint density at radius 3 is 1.50 bits per heavy atom. The van der Waals surface area contributed by atoms with E-state index in [-0.39, 0.29) is 44.7 Å². The Kier molecular flexibility index (Phi) is 14.4. The van der Waals surface area contributed by atoms with Crippen molar-refractivity contribution in [2.45, 2.75) is 97.2 Å². The molecule has 0 aromatic heterocycles. The number of carboxylic acids is 1. The second kappa shape index (κ2) is 16.6. The molecule has 36 heavy (non-hydrogen) atoms. The van der Waals surface area contributed by atoms with E-state index in [1.54, 1.807) is 13.8 Å². The maximum absolute atomic E-state index is 12.8. The third kappa shape index (κ3) is 12.1. The molecule has 0 amide bonds. The van der Waals surface area contributed by atoms with Crippen LogP contribution >= 0.6 is 0 Å². The van der Waals surface area contributed by atoms with Gasteiger partial charge in [0.15, 0.2) is 0 Å². The first kappa shape index (κ1) is 31.1. The molecular formula is C25H38O11. The average molecular weight is 515 g/mol. The number of carboxylic acid groups (broad SMARTS) is 1. The summed E-state index contributed by atoms with van der Waals surface area (Å²) in [6.45, 7) is 4.55. The van der Waals surface area contributed by atoms with Gasteiger partial charge in [0, 0.05) is 6.42 Å². The van der Waals surface area contributed by atoms with E-state index in [1.165, 1.54) is 6.92 Å². The maximum atomic E-state index is 12.8. The van der Waals surface area contributed by atoms with Crippen molar-refractivity contribution in [1.82, 2.24) is 0 Å². The molecule has 11 heteroatoms. The zero-order valence-electron chi connectivity index (χ0n) is 21.3. The van der Waals surface area contributed by atoms with Crippen LogP contribution in [0.3, 0.4) is 0 Å². The average Bonchev–Trinajstić information content (AvgIpc) is 2.85. The molecule has 0 spiro atoms. The first-order chi connectivity index (χ1) is 17.1. The van der Waals surface area contributed by atoms with Gasteiger partial charge in [-0.25, -0.2) is 0 Å². The quantitative estimate of drug-likeness (QED) is 0.238. The van der Waals surface area contributed by atoms with Crippen molar-refractivity contribution in [2.75, 3.05) is 13.2 Å². The van der Waals surface area contributed by atoms with Gasteiger partial charge < -0.3 is 28.8 Å². The van der Waals surface area contributed by atoms with Crippen LogP contribution in [0.4, 0.5) is 0 Å². The Labute approximate surface area is 211 Å². The van der Waals surface area contributed by atoms with Gasteiger partial charge in [-0.05, 0) is 32.6 Å². The van der Waals surface area contributed by atoms with E-state index in [9.17, 15) is 28.8 Å². The third-order valence-corrected chi connectivity index (χ3v) is 5.93. The van der Waals surface area contributed by atoms with Crippen molar-refractivity contribution < 1.29 is 52.8 Å². The van der Waals surface area contributed by atoms with E-state index in [2.05, 4.69) is 0 Å². The molecule has 4 atom stereocenters. The molecule has 0 aromatic rings. The monoisotopic (exact) mass is 514 g/mol. The third-order valence-electron chi connectivity index (χ3n) is 5.93. The molecule has 11 nitrogen and oxygen atoms in total. The largest absolute Gasteiger partial charge is 0.481 e. The van der Waals surface area contributed by atoms with Crippen molar-refractivity contribution in [2.24, 2.45) is 11.8 Å². The van der Waals surface area contributed by atoms with Gasteiger partial charge in [-0.1, -0.05) is 26.7 Å². The van der Waals surface area contributed by atoms with Crippen LogP contribution in [0.15, 0.2) is 0 Å². The number of aliphatic carboxylic acids is 1. The van der Waals surface area contributed by atoms with E-state index >= 15 is 0 Å². The molecule has 1 N–H and O–H groups in total. The zero-order chi connectivity index (χ0) is 27.1. The number of rotatable bonds is 16. The highest BCUT2D eigenvalue weighted by atomic mass is 16.6. The van der Waals surface area contributed by atoms with Crippen molar-refractivity contribution in [3.05, 3.63) is 0 Å². The van der Waals surface area contributed by atoms with Crippen LogP contribution in [-0.2, 0) is 47.7 Å². The number of carbonyl (C=O) groups excluding carboxylic acids is 5. The molecule has 1 aliphatic rings. The first-order valence-electron chi connectivity index (χ1n) is 12.5. The lowest BCUT2D eigenvalue weighted by Crippen LogP contribution is -2.37. The highest BCUT2D eigenvalue weighted by Crippen LogP contribution is 2.32. The summed E-state index contributed by atoms with van der Waals surface area (Å²) in [5.74, 6) is -5.02. The number of Topliss-reactive ketones (excluding diaryl/α,β-unsaturated/α-hetero) is 1. The number of carbonyl (C=O) groups is 6. The summed E-state index contributed by atoms with van der Waals surface area (Å²) in [6, 6.07) is 0. The molecule has 0 saturated heterocycles. The highest BCUT2D eigenvalue weighted by Gasteiger charge is 2.38. The maximum Gasteiger partial charge on any atom is 0.309 e. The van der Waals surface area contributed by atoms with Crippen molar-refractivity contribution >= 4 is 35.6 Å². The van der Waals surface area contributed by atoms with Crippen molar-refractivity contribution in [3.63, 3.8) is 0 Å². The molecule has 4 unspecified atom stereocenters. The Morgan fingerprint density at radius 1 is 0.722 bits per heavy atom. The number of ketones is 1. The summed E-state index contributed by atoms with van der Waals surface area (Å²) in [5.41, 5.74) is 0. The molecule has 0 bridgehead atoms. The van der Waals surface area contributed by atoms with Crippen LogP contribution in [0.1, 0.15) is 85.0 Å². The van der Waals surface area contributed by atoms with Crippen LogP contribution in [0.2, 0.25) is 0 Å². The highest BCUT2D eigenvalue weighted by molar-refractivity contribution is 5.83. The molecule has 204 valence electrons. The van der Waals surface area contributed by atoms with Crippen LogP contribution < -0.4 is 0 Å². The molecule has 1 aliphatic carbocycles. The van der Waals surface area contributed by atoms with Gasteiger partial charge in [0.2, 0.25) is 0 Å². The minimum absolute atomic E-state index is 0.0378. The molecule has 1 rings (SSSR count). The van der Waals surface area contributed by atoms with Gasteiger partial charge >= 0.3 is 29.8 Å². The van der Waals surface area contributed by atoms with Crippen molar-refractivity contribution in [1.29, 1.82) is 0 Å². The predicted molar refractivity (Wildman–Crippen MR) is 124 cm³/mol. The predicted octanol–water partition coefficient (Wildman–Crippen LogP) is 2.76.